The van der Waals surface area contributed by atoms with Crippen molar-refractivity contribution in [1.29, 1.82) is 0 Å². The van der Waals surface area contributed by atoms with Gasteiger partial charge in [-0.15, -0.1) is 0 Å². The summed E-state index contributed by atoms with van der Waals surface area (Å²) in [6.07, 6.45) is 15.6. The van der Waals surface area contributed by atoms with Gasteiger partial charge in [-0.2, -0.15) is 0 Å². The third kappa shape index (κ3) is 19.9. The number of Topliss-reactive ketones (excluding diaryl/α,β-unsaturated/α-hetero) is 2. The first kappa shape index (κ1) is 89.5. The molecule has 0 bridgehead atoms. The molecule has 656 valence electrons. The number of ketones is 2. The number of nitrogens with zero attached hydrogens (tertiary/aromatic N) is 6. The van der Waals surface area contributed by atoms with Crippen LogP contribution in [0.15, 0.2) is 85.2 Å². The molecule has 4 aromatic rings. The highest BCUT2D eigenvalue weighted by molar-refractivity contribution is 7.92. The summed E-state index contributed by atoms with van der Waals surface area (Å²) in [5, 5.41) is 3.44. The summed E-state index contributed by atoms with van der Waals surface area (Å²) in [4.78, 5) is 132. The maximum Gasteiger partial charge on any atom is 0.307 e. The number of carbonyl (C=O) groups is 8. The third-order valence-electron chi connectivity index (χ3n) is 26.7. The predicted molar refractivity (Wildman–Crippen MR) is 449 cm³/mol. The molecule has 4 amide bonds. The van der Waals surface area contributed by atoms with Gasteiger partial charge in [-0.1, -0.05) is 101 Å². The number of rotatable bonds is 20. The molecule has 0 radical (unpaired) electrons. The number of sulfonamides is 2. The summed E-state index contributed by atoms with van der Waals surface area (Å²) in [6, 6.07) is 13.5. The minimum absolute atomic E-state index is 0.0309. The summed E-state index contributed by atoms with van der Waals surface area (Å²) in [7, 11) is -8.69. The number of nitrogens with one attached hydrogen (secondary N) is 2. The lowest BCUT2D eigenvalue weighted by atomic mass is 9.79. The van der Waals surface area contributed by atoms with E-state index in [1.165, 1.54) is 9.80 Å². The minimum atomic E-state index is -4.34. The highest BCUT2D eigenvalue weighted by atomic mass is 32.2. The Labute approximate surface area is 704 Å². The van der Waals surface area contributed by atoms with Crippen molar-refractivity contribution in [1.82, 2.24) is 29.2 Å². The molecule has 14 rings (SSSR count). The zero-order valence-electron chi connectivity index (χ0n) is 71.2. The number of carbonyl (C=O) groups excluding carboxylic acids is 8. The summed E-state index contributed by atoms with van der Waals surface area (Å²) < 4.78 is 118. The number of ether oxygens (including phenoxy) is 6. The monoisotopic (exact) mass is 1700 g/mol. The van der Waals surface area contributed by atoms with Crippen LogP contribution in [0.25, 0.3) is 21.5 Å². The number of aromatic nitrogens is 2. The smallest absolute Gasteiger partial charge is 0.307 e. The molecule has 0 spiro atoms. The molecule has 4 saturated carbocycles. The van der Waals surface area contributed by atoms with E-state index in [9.17, 15) is 54.4 Å². The van der Waals surface area contributed by atoms with Crippen molar-refractivity contribution in [3.63, 3.8) is 0 Å². The Kier molecular flexibility index (Phi) is 27.1. The second-order valence-corrected chi connectivity index (χ2v) is 41.9. The number of alkyl halides is 2. The first-order chi connectivity index (χ1) is 57.0. The van der Waals surface area contributed by atoms with Gasteiger partial charge in [-0.3, -0.25) is 47.8 Å². The molecular formula is C90H122F2N8O18S2. The molecule has 120 heavy (non-hydrogen) atoms. The Morgan fingerprint density at radius 2 is 0.900 bits per heavy atom. The van der Waals surface area contributed by atoms with Crippen molar-refractivity contribution in [3.8, 4) is 11.8 Å². The lowest BCUT2D eigenvalue weighted by molar-refractivity contribution is -0.160. The number of esters is 2. The molecule has 2 aromatic heterocycles. The van der Waals surface area contributed by atoms with Gasteiger partial charge in [0.15, 0.2) is 11.6 Å². The fourth-order valence-electron chi connectivity index (χ4n) is 19.0. The van der Waals surface area contributed by atoms with Gasteiger partial charge in [0.2, 0.25) is 55.4 Å². The van der Waals surface area contributed by atoms with E-state index >= 15 is 9.59 Å². The number of amides is 4. The Morgan fingerprint density at radius 3 is 1.23 bits per heavy atom. The average Bonchev–Trinajstić information content (AvgIpc) is 1.56. The van der Waals surface area contributed by atoms with Crippen molar-refractivity contribution in [2.75, 3.05) is 88.8 Å². The highest BCUT2D eigenvalue weighted by Crippen LogP contribution is 2.60. The first-order valence-corrected chi connectivity index (χ1v) is 46.4. The molecule has 26 nitrogen and oxygen atoms in total. The molecule has 8 fully saturated rings. The van der Waals surface area contributed by atoms with Crippen molar-refractivity contribution < 1.29 is 92.4 Å². The van der Waals surface area contributed by atoms with Crippen LogP contribution in [0.2, 0.25) is 0 Å². The van der Waals surface area contributed by atoms with Crippen molar-refractivity contribution in [2.45, 2.75) is 243 Å². The second kappa shape index (κ2) is 36.3. The minimum Gasteiger partial charge on any atom is -0.472 e. The number of hydrogen-bond acceptors (Lipinski definition) is 22. The average molecular weight is 1710 g/mol. The topological polar surface area (TPSA) is 323 Å². The number of benzene rings is 2. The molecule has 8 heterocycles. The fourth-order valence-corrected chi connectivity index (χ4v) is 21.9. The Balaban J connectivity index is 0.000000207. The van der Waals surface area contributed by atoms with Crippen molar-refractivity contribution in [3.05, 3.63) is 85.2 Å². The number of morpholine rings is 2. The zero-order chi connectivity index (χ0) is 86.1. The molecule has 10 aliphatic rings. The van der Waals surface area contributed by atoms with Gasteiger partial charge in [0.05, 0.1) is 111 Å². The van der Waals surface area contributed by atoms with E-state index in [4.69, 9.17) is 38.4 Å². The lowest BCUT2D eigenvalue weighted by Crippen LogP contribution is -2.48. The summed E-state index contributed by atoms with van der Waals surface area (Å²) >= 11 is 0. The predicted octanol–water partition coefficient (Wildman–Crippen LogP) is 12.2. The van der Waals surface area contributed by atoms with Crippen LogP contribution in [0.4, 0.5) is 20.2 Å². The molecule has 6 aliphatic heterocycles. The van der Waals surface area contributed by atoms with Gasteiger partial charge in [0, 0.05) is 73.4 Å². The Morgan fingerprint density at radius 1 is 0.542 bits per heavy atom. The van der Waals surface area contributed by atoms with Crippen LogP contribution in [0.1, 0.15) is 198 Å². The molecule has 0 unspecified atom stereocenters. The van der Waals surface area contributed by atoms with E-state index in [1.54, 1.807) is 53.9 Å². The zero-order valence-corrected chi connectivity index (χ0v) is 72.9. The highest BCUT2D eigenvalue weighted by Gasteiger charge is 2.66. The number of halogens is 2. The van der Waals surface area contributed by atoms with Crippen LogP contribution in [-0.4, -0.2) is 208 Å². The van der Waals surface area contributed by atoms with E-state index in [-0.39, 0.29) is 126 Å². The molecule has 30 heteroatoms. The van der Waals surface area contributed by atoms with Gasteiger partial charge >= 0.3 is 11.9 Å². The molecular weight excluding hydrogens is 1580 g/mol. The third-order valence-corrected chi connectivity index (χ3v) is 30.9. The summed E-state index contributed by atoms with van der Waals surface area (Å²) in [6.45, 7) is 22.1. The number of allylic oxidation sites excluding steroid dienone is 4. The number of anilines is 2. The number of fused-ring (bicyclic) bond motifs is 6. The number of pyridine rings is 2. The van der Waals surface area contributed by atoms with E-state index < -0.39 is 148 Å². The van der Waals surface area contributed by atoms with Crippen molar-refractivity contribution in [2.24, 2.45) is 58.2 Å². The fraction of sp³-hybridized carbons (Fsp3) is 0.667. The standard InChI is InChI=1S/2C45H61FN4O9S/c2*1-6-30-21-29(2)11-7-8-12-31-24-45(31,42(54)48-60(55,56)44(28-46)15-16-44)25-38(51)36-22-32(27-50(36)41(53)35(30)23-39(52)59-43(3,4)5)58-40-34-14-10-9-13-33(34)37(26-47-40)49-17-19-57-20-18-49/h2*8-10,12-14,26,29-32,35-36H,6-7,11,15-25,27-28H2,1-5H3,(H,48,54)/b2*12-8-/t29-,30+,31+,32+,35-,36-,45+;29-,30-,31-,32-,35+,36+,45-/m01/s1. The maximum atomic E-state index is 15.1. The van der Waals surface area contributed by atoms with Crippen molar-refractivity contribution >= 4 is 100 Å². The largest absolute Gasteiger partial charge is 0.472 e. The Bertz CT molecular complexity index is 4490. The lowest BCUT2D eigenvalue weighted by Gasteiger charge is -2.33. The van der Waals surface area contributed by atoms with Crippen LogP contribution >= 0.6 is 0 Å². The van der Waals surface area contributed by atoms with E-state index in [2.05, 4.69) is 33.1 Å². The Hall–Kier alpha value is -8.22. The molecule has 4 saturated heterocycles. The summed E-state index contributed by atoms with van der Waals surface area (Å²) in [5.74, 6) is -5.90. The van der Waals surface area contributed by atoms with E-state index in [1.807, 2.05) is 86.7 Å². The molecule has 2 N–H and O–H groups in total. The van der Waals surface area contributed by atoms with Crippen LogP contribution in [0.3, 0.4) is 0 Å². The quantitative estimate of drug-likeness (QED) is 0.0613. The van der Waals surface area contributed by atoms with Crippen LogP contribution in [-0.2, 0) is 77.4 Å². The van der Waals surface area contributed by atoms with Gasteiger partial charge in [-0.05, 0) is 166 Å². The summed E-state index contributed by atoms with van der Waals surface area (Å²) in [5.41, 5.74) is -2.41. The van der Waals surface area contributed by atoms with Crippen LogP contribution in [0, 0.1) is 58.2 Å². The van der Waals surface area contributed by atoms with E-state index in [0.717, 1.165) is 71.9 Å². The van der Waals surface area contributed by atoms with Gasteiger partial charge in [0.1, 0.15) is 46.3 Å². The SMILES string of the molecule is CC[C@@H]1C[C@@H](C)CC/C=C\[C@@H]2C[C@@]2(C(=O)NS(=O)(=O)C2(CF)CC2)CC(=O)[C@@H]2C[C@@H](Oc3ncc(N4CCOCC4)c4ccccc34)CN2C(=O)[C@H]1CC(=O)OC(C)(C)C.CC[C@@H]1C[C@H](C)CC/C=C\[C@@H]2C[C@@]2(C(=O)NS(=O)(=O)C2(CF)CC2)CC(=O)[C@@H]2C[C@@H](Oc3ncc(N4CCOCC4)c4ccccc34)CN2C(=O)[C@H]1CC(=O)OC(C)(C)C. The van der Waals surface area contributed by atoms with Gasteiger partial charge < -0.3 is 48.0 Å². The first-order valence-electron chi connectivity index (χ1n) is 43.4. The molecule has 2 aromatic carbocycles. The normalized spacial score (nSPS) is 30.4. The second-order valence-electron chi connectivity index (χ2n) is 37.7. The van der Waals surface area contributed by atoms with Gasteiger partial charge in [-0.25, -0.2) is 35.6 Å². The van der Waals surface area contributed by atoms with Crippen LogP contribution in [0.5, 0.6) is 11.8 Å². The molecule has 4 aliphatic carbocycles. The maximum absolute atomic E-state index is 15.1. The van der Waals surface area contributed by atoms with Crippen LogP contribution < -0.4 is 28.7 Å². The van der Waals surface area contributed by atoms with E-state index in [0.29, 0.717) is 76.7 Å². The van der Waals surface area contributed by atoms with Gasteiger partial charge in [0.25, 0.3) is 0 Å². The molecule has 14 atom stereocenters. The number of hydrogen-bond donors (Lipinski definition) is 2.